The molecule has 0 unspecified atom stereocenters. The van der Waals surface area contributed by atoms with Gasteiger partial charge < -0.3 is 0 Å². The van der Waals surface area contributed by atoms with Crippen molar-refractivity contribution in [3.05, 3.63) is 45.7 Å². The smallest absolute Gasteiger partial charge is 0.271 e. The summed E-state index contributed by atoms with van der Waals surface area (Å²) in [6, 6.07) is 9.39. The number of thiophene rings is 1. The van der Waals surface area contributed by atoms with Crippen LogP contribution in [0.4, 0.5) is 5.69 Å². The second-order valence-corrected chi connectivity index (χ2v) is 7.78. The minimum absolute atomic E-state index is 0.230. The predicted octanol–water partition coefficient (Wildman–Crippen LogP) is 3.12. The molecule has 0 radical (unpaired) electrons. The Bertz CT molecular complexity index is 662. The number of benzene rings is 1. The standard InChI is InChI=1S/C11H8BrNO3S2/c12-10-5-6-11(17-10)18(15,16)13-9-3-1-8(7-14)2-4-9/h1-7,13H. The molecule has 1 heterocycles. The third-order valence-electron chi connectivity index (χ3n) is 2.11. The zero-order chi connectivity index (χ0) is 13.2. The van der Waals surface area contributed by atoms with Crippen LogP contribution in [-0.2, 0) is 10.0 Å². The summed E-state index contributed by atoms with van der Waals surface area (Å²) in [6.07, 6.45) is 0.703. The lowest BCUT2D eigenvalue weighted by Crippen LogP contribution is -2.11. The first-order chi connectivity index (χ1) is 8.51. The van der Waals surface area contributed by atoms with Gasteiger partial charge in [-0.05, 0) is 52.3 Å². The van der Waals surface area contributed by atoms with E-state index in [4.69, 9.17) is 0 Å². The molecule has 94 valence electrons. The van der Waals surface area contributed by atoms with Crippen molar-refractivity contribution in [2.24, 2.45) is 0 Å². The van der Waals surface area contributed by atoms with E-state index in [1.807, 2.05) is 0 Å². The maximum Gasteiger partial charge on any atom is 0.271 e. The molecule has 0 fully saturated rings. The van der Waals surface area contributed by atoms with Crippen LogP contribution in [0.3, 0.4) is 0 Å². The molecule has 1 aromatic heterocycles. The highest BCUT2D eigenvalue weighted by molar-refractivity contribution is 9.11. The maximum absolute atomic E-state index is 12.0. The van der Waals surface area contributed by atoms with Crippen molar-refractivity contribution in [2.75, 3.05) is 4.72 Å². The predicted molar refractivity (Wildman–Crippen MR) is 74.7 cm³/mol. The Morgan fingerprint density at radius 3 is 2.28 bits per heavy atom. The van der Waals surface area contributed by atoms with Crippen LogP contribution in [0.2, 0.25) is 0 Å². The number of sulfonamides is 1. The Morgan fingerprint density at radius 2 is 1.78 bits per heavy atom. The van der Waals surface area contributed by atoms with Gasteiger partial charge in [0.05, 0.1) is 3.79 Å². The summed E-state index contributed by atoms with van der Waals surface area (Å²) >= 11 is 4.35. The molecule has 4 nitrogen and oxygen atoms in total. The third kappa shape index (κ3) is 2.98. The molecule has 0 atom stereocenters. The van der Waals surface area contributed by atoms with Gasteiger partial charge >= 0.3 is 0 Å². The Kier molecular flexibility index (Phi) is 3.84. The molecule has 7 heteroatoms. The fourth-order valence-corrected chi connectivity index (χ4v) is 4.35. The first-order valence-electron chi connectivity index (χ1n) is 4.85. The second kappa shape index (κ2) is 5.21. The minimum atomic E-state index is -3.56. The Balaban J connectivity index is 2.24. The van der Waals surface area contributed by atoms with Crippen molar-refractivity contribution in [2.45, 2.75) is 4.21 Å². The van der Waals surface area contributed by atoms with Gasteiger partial charge in [0, 0.05) is 11.3 Å². The van der Waals surface area contributed by atoms with Crippen molar-refractivity contribution in [1.82, 2.24) is 0 Å². The van der Waals surface area contributed by atoms with Gasteiger partial charge in [0.25, 0.3) is 10.0 Å². The summed E-state index contributed by atoms with van der Waals surface area (Å²) in [7, 11) is -3.56. The van der Waals surface area contributed by atoms with E-state index < -0.39 is 10.0 Å². The molecular formula is C11H8BrNO3S2. The highest BCUT2D eigenvalue weighted by atomic mass is 79.9. The van der Waals surface area contributed by atoms with E-state index in [-0.39, 0.29) is 4.21 Å². The van der Waals surface area contributed by atoms with Crippen LogP contribution in [0, 0.1) is 0 Å². The van der Waals surface area contributed by atoms with Crippen LogP contribution < -0.4 is 4.72 Å². The van der Waals surface area contributed by atoms with E-state index >= 15 is 0 Å². The first kappa shape index (κ1) is 13.3. The van der Waals surface area contributed by atoms with E-state index in [1.54, 1.807) is 30.3 Å². The zero-order valence-electron chi connectivity index (χ0n) is 8.96. The molecule has 2 rings (SSSR count). The number of hydrogen-bond donors (Lipinski definition) is 1. The summed E-state index contributed by atoms with van der Waals surface area (Å²) < 4.78 is 27.4. The topological polar surface area (TPSA) is 63.2 Å². The van der Waals surface area contributed by atoms with Gasteiger partial charge in [0.15, 0.2) is 0 Å². The lowest BCUT2D eigenvalue weighted by atomic mass is 10.2. The molecule has 0 saturated carbocycles. The summed E-state index contributed by atoms with van der Waals surface area (Å²) in [5.74, 6) is 0. The number of halogens is 1. The highest BCUT2D eigenvalue weighted by Crippen LogP contribution is 2.27. The number of anilines is 1. The summed E-state index contributed by atoms with van der Waals surface area (Å²) in [5, 5.41) is 0. The van der Waals surface area contributed by atoms with E-state index in [0.717, 1.165) is 15.1 Å². The molecule has 1 aromatic carbocycles. The van der Waals surface area contributed by atoms with Crippen molar-refractivity contribution in [1.29, 1.82) is 0 Å². The second-order valence-electron chi connectivity index (χ2n) is 3.40. The van der Waals surface area contributed by atoms with E-state index in [9.17, 15) is 13.2 Å². The van der Waals surface area contributed by atoms with Crippen molar-refractivity contribution < 1.29 is 13.2 Å². The average molecular weight is 346 g/mol. The number of carbonyl (C=O) groups is 1. The van der Waals surface area contributed by atoms with Crippen LogP contribution in [0.25, 0.3) is 0 Å². The fourth-order valence-electron chi connectivity index (χ4n) is 1.28. The Labute approximate surface area is 117 Å². The quantitative estimate of drug-likeness (QED) is 0.865. The molecule has 18 heavy (non-hydrogen) atoms. The molecule has 0 aliphatic heterocycles. The fraction of sp³-hybridized carbons (Fsp3) is 0. The van der Waals surface area contributed by atoms with Gasteiger partial charge in [0.1, 0.15) is 10.5 Å². The van der Waals surface area contributed by atoms with E-state index in [2.05, 4.69) is 20.7 Å². The number of nitrogens with one attached hydrogen (secondary N) is 1. The van der Waals surface area contributed by atoms with Crippen LogP contribution in [-0.4, -0.2) is 14.7 Å². The monoisotopic (exact) mass is 345 g/mol. The normalized spacial score (nSPS) is 11.2. The Hall–Kier alpha value is -1.18. The summed E-state index contributed by atoms with van der Waals surface area (Å²) in [4.78, 5) is 10.5. The van der Waals surface area contributed by atoms with Crippen LogP contribution >= 0.6 is 27.3 Å². The number of aldehydes is 1. The van der Waals surface area contributed by atoms with Gasteiger partial charge in [-0.2, -0.15) is 0 Å². The van der Waals surface area contributed by atoms with Crippen molar-refractivity contribution in [3.63, 3.8) is 0 Å². The molecular weight excluding hydrogens is 338 g/mol. The SMILES string of the molecule is O=Cc1ccc(NS(=O)(=O)c2ccc(Br)s2)cc1. The van der Waals surface area contributed by atoms with E-state index in [1.165, 1.54) is 6.07 Å². The van der Waals surface area contributed by atoms with E-state index in [0.29, 0.717) is 17.5 Å². The third-order valence-corrected chi connectivity index (χ3v) is 5.61. The highest BCUT2D eigenvalue weighted by Gasteiger charge is 2.16. The van der Waals surface area contributed by atoms with Gasteiger partial charge in [-0.1, -0.05) is 0 Å². The maximum atomic E-state index is 12.0. The lowest BCUT2D eigenvalue weighted by Gasteiger charge is -2.05. The molecule has 1 N–H and O–H groups in total. The minimum Gasteiger partial charge on any atom is -0.298 e. The molecule has 0 amide bonds. The Morgan fingerprint density at radius 1 is 1.11 bits per heavy atom. The summed E-state index contributed by atoms with van der Waals surface area (Å²) in [5.41, 5.74) is 0.918. The lowest BCUT2D eigenvalue weighted by molar-refractivity contribution is 0.112. The van der Waals surface area contributed by atoms with Crippen molar-refractivity contribution >= 4 is 49.3 Å². The molecule has 0 aliphatic carbocycles. The number of carbonyl (C=O) groups excluding carboxylic acids is 1. The molecule has 0 bridgehead atoms. The first-order valence-corrected chi connectivity index (χ1v) is 7.94. The zero-order valence-corrected chi connectivity index (χ0v) is 12.2. The van der Waals surface area contributed by atoms with Gasteiger partial charge in [-0.3, -0.25) is 9.52 Å². The summed E-state index contributed by atoms with van der Waals surface area (Å²) in [6.45, 7) is 0. The molecule has 0 aliphatic rings. The molecule has 0 saturated heterocycles. The van der Waals surface area contributed by atoms with Crippen LogP contribution in [0.5, 0.6) is 0 Å². The van der Waals surface area contributed by atoms with Gasteiger partial charge in [0.2, 0.25) is 0 Å². The largest absolute Gasteiger partial charge is 0.298 e. The number of hydrogen-bond acceptors (Lipinski definition) is 4. The molecule has 2 aromatic rings. The number of rotatable bonds is 4. The molecule has 0 spiro atoms. The average Bonchev–Trinajstić information content (AvgIpc) is 2.77. The van der Waals surface area contributed by atoms with Gasteiger partial charge in [-0.15, -0.1) is 11.3 Å². The van der Waals surface area contributed by atoms with Crippen LogP contribution in [0.15, 0.2) is 44.4 Å². The van der Waals surface area contributed by atoms with Crippen molar-refractivity contribution in [3.8, 4) is 0 Å². The van der Waals surface area contributed by atoms with Gasteiger partial charge in [-0.25, -0.2) is 8.42 Å². The van der Waals surface area contributed by atoms with Crippen LogP contribution in [0.1, 0.15) is 10.4 Å².